The molecule has 1 amide bonds. The number of halogens is 4. The Hall–Kier alpha value is -2.50. The van der Waals surface area contributed by atoms with Gasteiger partial charge in [-0.3, -0.25) is 0 Å². The van der Waals surface area contributed by atoms with Crippen LogP contribution in [0.1, 0.15) is 51.7 Å². The van der Waals surface area contributed by atoms with Gasteiger partial charge < -0.3 is 15.0 Å². The Labute approximate surface area is 167 Å². The Bertz CT molecular complexity index is 789. The van der Waals surface area contributed by atoms with Crippen LogP contribution >= 0.6 is 0 Å². The number of hydrogen-bond donors (Lipinski definition) is 1. The molecule has 0 unspecified atom stereocenters. The van der Waals surface area contributed by atoms with Crippen molar-refractivity contribution in [2.75, 3.05) is 18.4 Å². The number of anilines is 1. The molecule has 0 aromatic heterocycles. The summed E-state index contributed by atoms with van der Waals surface area (Å²) >= 11 is 0. The molecule has 0 aliphatic carbocycles. The lowest BCUT2D eigenvalue weighted by atomic mass is 9.90. The smallest absolute Gasteiger partial charge is 0.421 e. The van der Waals surface area contributed by atoms with E-state index in [1.54, 1.807) is 38.7 Å². The third-order valence-electron chi connectivity index (χ3n) is 4.78. The molecule has 0 radical (unpaired) electrons. The predicted octanol–water partition coefficient (Wildman–Crippen LogP) is 5.16. The summed E-state index contributed by atoms with van der Waals surface area (Å²) in [6.07, 6.45) is -4.18. The van der Waals surface area contributed by atoms with E-state index in [1.165, 1.54) is 0 Å². The van der Waals surface area contributed by atoms with Gasteiger partial charge in [-0.2, -0.15) is 18.4 Å². The van der Waals surface area contributed by atoms with Gasteiger partial charge in [0.2, 0.25) is 0 Å². The lowest BCUT2D eigenvalue weighted by molar-refractivity contribution is -0.139. The highest BCUT2D eigenvalue weighted by atomic mass is 19.4. The third kappa shape index (κ3) is 5.99. The molecule has 1 N–H and O–H groups in total. The maximum Gasteiger partial charge on any atom is 0.421 e. The van der Waals surface area contributed by atoms with E-state index in [0.29, 0.717) is 32.0 Å². The predicted molar refractivity (Wildman–Crippen MR) is 99.7 cm³/mol. The van der Waals surface area contributed by atoms with E-state index in [2.05, 4.69) is 5.32 Å². The van der Waals surface area contributed by atoms with Gasteiger partial charge in [0.05, 0.1) is 17.3 Å². The molecule has 1 saturated heterocycles. The number of alkyl halides is 3. The van der Waals surface area contributed by atoms with Crippen molar-refractivity contribution in [3.63, 3.8) is 0 Å². The number of carbonyl (C=O) groups excluding carboxylic acids is 1. The number of amides is 1. The quantitative estimate of drug-likeness (QED) is 0.693. The third-order valence-corrected chi connectivity index (χ3v) is 4.78. The maximum absolute atomic E-state index is 14.0. The van der Waals surface area contributed by atoms with E-state index >= 15 is 0 Å². The molecule has 2 rings (SSSR count). The SMILES string of the molecule is C[C@H](Nc1cc(C#N)cc(F)c1C(F)(F)F)C1CCN(C(=O)OC(C)(C)C)CC1. The number of carbonyl (C=O) groups is 1. The molecule has 1 aliphatic heterocycles. The van der Waals surface area contributed by atoms with Gasteiger partial charge in [0.15, 0.2) is 0 Å². The van der Waals surface area contributed by atoms with Crippen LogP contribution in [0.3, 0.4) is 0 Å². The highest BCUT2D eigenvalue weighted by Gasteiger charge is 2.38. The first kappa shape index (κ1) is 22.8. The second-order valence-corrected chi connectivity index (χ2v) is 8.23. The lowest BCUT2D eigenvalue weighted by Crippen LogP contribution is -2.44. The Morgan fingerprint density at radius 1 is 1.28 bits per heavy atom. The van der Waals surface area contributed by atoms with Crippen molar-refractivity contribution in [1.82, 2.24) is 4.90 Å². The summed E-state index contributed by atoms with van der Waals surface area (Å²) < 4.78 is 59.2. The van der Waals surface area contributed by atoms with Gasteiger partial charge in [-0.15, -0.1) is 0 Å². The molecular weight excluding hydrogens is 390 g/mol. The fourth-order valence-electron chi connectivity index (χ4n) is 3.34. The fraction of sp³-hybridized carbons (Fsp3) is 0.600. The summed E-state index contributed by atoms with van der Waals surface area (Å²) in [5.74, 6) is -1.51. The lowest BCUT2D eigenvalue weighted by Gasteiger charge is -2.36. The first-order valence-corrected chi connectivity index (χ1v) is 9.37. The molecule has 1 aliphatic rings. The Kier molecular flexibility index (Phi) is 6.66. The Balaban J connectivity index is 2.09. The van der Waals surface area contributed by atoms with Crippen LogP contribution < -0.4 is 5.32 Å². The summed E-state index contributed by atoms with van der Waals surface area (Å²) in [5.41, 5.74) is -2.65. The summed E-state index contributed by atoms with van der Waals surface area (Å²) in [6.45, 7) is 7.88. The van der Waals surface area contributed by atoms with Gasteiger partial charge in [-0.05, 0) is 58.6 Å². The number of rotatable bonds is 3. The largest absolute Gasteiger partial charge is 0.444 e. The van der Waals surface area contributed by atoms with Crippen LogP contribution in [-0.2, 0) is 10.9 Å². The zero-order valence-corrected chi connectivity index (χ0v) is 16.9. The normalized spacial score (nSPS) is 16.9. The monoisotopic (exact) mass is 415 g/mol. The number of likely N-dealkylation sites (tertiary alicyclic amines) is 1. The van der Waals surface area contributed by atoms with E-state index in [4.69, 9.17) is 10.00 Å². The van der Waals surface area contributed by atoms with Crippen molar-refractivity contribution in [3.05, 3.63) is 29.1 Å². The maximum atomic E-state index is 14.0. The zero-order valence-electron chi connectivity index (χ0n) is 16.9. The van der Waals surface area contributed by atoms with Gasteiger partial charge in [-0.25, -0.2) is 9.18 Å². The van der Waals surface area contributed by atoms with Crippen LogP contribution in [0.4, 0.5) is 28.0 Å². The van der Waals surface area contributed by atoms with Gasteiger partial charge in [0.25, 0.3) is 0 Å². The minimum absolute atomic E-state index is 0.0245. The first-order chi connectivity index (χ1) is 13.3. The van der Waals surface area contributed by atoms with Crippen LogP contribution in [0.5, 0.6) is 0 Å². The molecule has 1 atom stereocenters. The molecule has 1 fully saturated rings. The molecular formula is C20H25F4N3O2. The molecule has 9 heteroatoms. The molecule has 0 saturated carbocycles. The van der Waals surface area contributed by atoms with Crippen LogP contribution in [0, 0.1) is 23.1 Å². The second-order valence-electron chi connectivity index (χ2n) is 8.23. The van der Waals surface area contributed by atoms with E-state index in [0.717, 1.165) is 6.07 Å². The molecule has 0 bridgehead atoms. The molecule has 5 nitrogen and oxygen atoms in total. The van der Waals surface area contributed by atoms with E-state index in [1.807, 2.05) is 0 Å². The summed E-state index contributed by atoms with van der Waals surface area (Å²) in [4.78, 5) is 13.7. The van der Waals surface area contributed by atoms with E-state index in [9.17, 15) is 22.4 Å². The molecule has 160 valence electrons. The number of nitrogens with zero attached hydrogens (tertiary/aromatic N) is 2. The molecule has 29 heavy (non-hydrogen) atoms. The van der Waals surface area contributed by atoms with E-state index < -0.39 is 41.0 Å². The van der Waals surface area contributed by atoms with Crippen molar-refractivity contribution in [1.29, 1.82) is 5.26 Å². The average Bonchev–Trinajstić information content (AvgIpc) is 2.58. The number of benzene rings is 1. The Morgan fingerprint density at radius 3 is 2.34 bits per heavy atom. The second kappa shape index (κ2) is 8.47. The van der Waals surface area contributed by atoms with Crippen LogP contribution in [0.25, 0.3) is 0 Å². The van der Waals surface area contributed by atoms with Gasteiger partial charge in [0.1, 0.15) is 17.0 Å². The standard InChI is InChI=1S/C20H25F4N3O2/c1-12(14-5-7-27(8-6-14)18(28)29-19(2,3)4)26-16-10-13(11-25)9-15(21)17(16)20(22,23)24/h9-10,12,14,26H,5-8H2,1-4H3/t12-/m0/s1. The molecule has 1 aromatic carbocycles. The minimum Gasteiger partial charge on any atom is -0.444 e. The fourth-order valence-corrected chi connectivity index (χ4v) is 3.34. The Morgan fingerprint density at radius 2 is 1.86 bits per heavy atom. The molecule has 1 heterocycles. The number of nitriles is 1. The van der Waals surface area contributed by atoms with Crippen molar-refractivity contribution < 1.29 is 27.1 Å². The van der Waals surface area contributed by atoms with Gasteiger partial charge in [-0.1, -0.05) is 0 Å². The van der Waals surface area contributed by atoms with Crippen LogP contribution in [0.2, 0.25) is 0 Å². The van der Waals surface area contributed by atoms with Crippen molar-refractivity contribution in [2.45, 2.75) is 58.4 Å². The van der Waals surface area contributed by atoms with Crippen molar-refractivity contribution in [3.8, 4) is 6.07 Å². The first-order valence-electron chi connectivity index (χ1n) is 9.37. The highest BCUT2D eigenvalue weighted by molar-refractivity contribution is 5.68. The van der Waals surface area contributed by atoms with Crippen LogP contribution in [0.15, 0.2) is 12.1 Å². The number of piperidine rings is 1. The number of ether oxygens (including phenoxy) is 1. The van der Waals surface area contributed by atoms with Gasteiger partial charge >= 0.3 is 12.3 Å². The van der Waals surface area contributed by atoms with Crippen molar-refractivity contribution in [2.24, 2.45) is 5.92 Å². The summed E-state index contributed by atoms with van der Waals surface area (Å²) in [7, 11) is 0. The van der Waals surface area contributed by atoms with E-state index in [-0.39, 0.29) is 11.5 Å². The average molecular weight is 415 g/mol. The molecule has 1 aromatic rings. The van der Waals surface area contributed by atoms with Crippen molar-refractivity contribution >= 4 is 11.8 Å². The highest BCUT2D eigenvalue weighted by Crippen LogP contribution is 2.38. The minimum atomic E-state index is -4.89. The number of nitrogens with one attached hydrogen (secondary N) is 1. The zero-order chi connectivity index (χ0) is 22.0. The summed E-state index contributed by atoms with van der Waals surface area (Å²) in [6, 6.07) is 2.85. The number of hydrogen-bond acceptors (Lipinski definition) is 4. The summed E-state index contributed by atoms with van der Waals surface area (Å²) in [5, 5.41) is 11.7. The van der Waals surface area contributed by atoms with Gasteiger partial charge in [0, 0.05) is 19.1 Å². The van der Waals surface area contributed by atoms with Crippen LogP contribution in [-0.4, -0.2) is 35.7 Å². The molecule has 0 spiro atoms. The topological polar surface area (TPSA) is 65.4 Å².